The predicted molar refractivity (Wildman–Crippen MR) is 98.5 cm³/mol. The molecule has 3 rings (SSSR count). The summed E-state index contributed by atoms with van der Waals surface area (Å²) in [6.45, 7) is 1.71. The van der Waals surface area contributed by atoms with E-state index in [-0.39, 0.29) is 5.91 Å². The fraction of sp³-hybridized carbons (Fsp3) is 0.333. The Bertz CT molecular complexity index is 793. The van der Waals surface area contributed by atoms with Crippen LogP contribution in [0.2, 0.25) is 0 Å². The molecule has 124 valence electrons. The zero-order chi connectivity index (χ0) is 17.1. The number of amides is 1. The third kappa shape index (κ3) is 3.63. The number of aryl methyl sites for hydroxylation is 1. The minimum Gasteiger partial charge on any atom is -0.481 e. The summed E-state index contributed by atoms with van der Waals surface area (Å²) >= 11 is 4.89. The van der Waals surface area contributed by atoms with E-state index >= 15 is 0 Å². The van der Waals surface area contributed by atoms with E-state index < -0.39 is 6.10 Å². The number of hydrogen-bond acceptors (Lipinski definition) is 4. The maximum atomic E-state index is 12.4. The monoisotopic (exact) mass is 404 g/mol. The van der Waals surface area contributed by atoms with Gasteiger partial charge in [-0.25, -0.2) is 0 Å². The highest BCUT2D eigenvalue weighted by atomic mass is 79.9. The number of anilines is 1. The van der Waals surface area contributed by atoms with Crippen molar-refractivity contribution in [2.75, 3.05) is 5.32 Å². The number of halogens is 1. The molecule has 1 aromatic heterocycles. The molecule has 1 amide bonds. The van der Waals surface area contributed by atoms with E-state index in [1.54, 1.807) is 19.1 Å². The Hall–Kier alpha value is -1.84. The Morgan fingerprint density at radius 1 is 1.33 bits per heavy atom. The smallest absolute Gasteiger partial charge is 0.265 e. The molecule has 2 aromatic rings. The van der Waals surface area contributed by atoms with Gasteiger partial charge in [0.05, 0.1) is 5.56 Å². The van der Waals surface area contributed by atoms with Crippen molar-refractivity contribution in [1.29, 1.82) is 5.26 Å². The first kappa shape index (κ1) is 17.0. The fourth-order valence-corrected chi connectivity index (χ4v) is 4.26. The minimum absolute atomic E-state index is 0.243. The number of hydrogen-bond donors (Lipinski definition) is 1. The van der Waals surface area contributed by atoms with E-state index in [1.807, 2.05) is 12.1 Å². The van der Waals surface area contributed by atoms with E-state index in [0.717, 1.165) is 35.7 Å². The number of benzene rings is 1. The molecule has 0 aliphatic heterocycles. The fourth-order valence-electron chi connectivity index (χ4n) is 2.76. The number of carbonyl (C=O) groups is 1. The van der Waals surface area contributed by atoms with Crippen LogP contribution in [0.5, 0.6) is 5.75 Å². The Morgan fingerprint density at radius 3 is 2.75 bits per heavy atom. The van der Waals surface area contributed by atoms with Crippen LogP contribution in [0, 0.1) is 11.3 Å². The number of thiophene rings is 1. The van der Waals surface area contributed by atoms with Gasteiger partial charge in [-0.15, -0.1) is 11.3 Å². The van der Waals surface area contributed by atoms with Crippen LogP contribution in [-0.4, -0.2) is 12.0 Å². The quantitative estimate of drug-likeness (QED) is 0.805. The second-order valence-corrected chi connectivity index (χ2v) is 7.75. The van der Waals surface area contributed by atoms with Gasteiger partial charge in [0.1, 0.15) is 16.8 Å². The zero-order valence-electron chi connectivity index (χ0n) is 13.3. The van der Waals surface area contributed by atoms with Crippen molar-refractivity contribution in [3.8, 4) is 11.8 Å². The number of fused-ring (bicyclic) bond motifs is 1. The van der Waals surface area contributed by atoms with Gasteiger partial charge in [0.2, 0.25) is 0 Å². The normalized spacial score (nSPS) is 14.4. The summed E-state index contributed by atoms with van der Waals surface area (Å²) in [5, 5.41) is 13.0. The molecule has 6 heteroatoms. The highest BCUT2D eigenvalue weighted by Gasteiger charge is 2.23. The van der Waals surface area contributed by atoms with Gasteiger partial charge >= 0.3 is 0 Å². The average molecular weight is 405 g/mol. The number of nitrogens with zero attached hydrogens (tertiary/aromatic N) is 1. The lowest BCUT2D eigenvalue weighted by Crippen LogP contribution is -2.30. The van der Waals surface area contributed by atoms with Crippen LogP contribution in [0.15, 0.2) is 28.7 Å². The molecule has 1 unspecified atom stereocenters. The lowest BCUT2D eigenvalue weighted by atomic mass is 9.96. The number of rotatable bonds is 4. The highest BCUT2D eigenvalue weighted by molar-refractivity contribution is 9.10. The highest BCUT2D eigenvalue weighted by Crippen LogP contribution is 2.37. The van der Waals surface area contributed by atoms with Crippen LogP contribution >= 0.6 is 27.3 Å². The Labute approximate surface area is 153 Å². The maximum Gasteiger partial charge on any atom is 0.265 e. The van der Waals surface area contributed by atoms with E-state index in [2.05, 4.69) is 27.3 Å². The summed E-state index contributed by atoms with van der Waals surface area (Å²) in [7, 11) is 0. The molecule has 0 spiro atoms. The number of carbonyl (C=O) groups excluding carboxylic acids is 1. The van der Waals surface area contributed by atoms with Crippen molar-refractivity contribution in [1.82, 2.24) is 0 Å². The molecule has 4 nitrogen and oxygen atoms in total. The van der Waals surface area contributed by atoms with Gasteiger partial charge in [-0.3, -0.25) is 4.79 Å². The summed E-state index contributed by atoms with van der Waals surface area (Å²) in [5.41, 5.74) is 1.74. The molecule has 1 heterocycles. The van der Waals surface area contributed by atoms with E-state index in [1.165, 1.54) is 16.2 Å². The second-order valence-electron chi connectivity index (χ2n) is 5.73. The first-order chi connectivity index (χ1) is 11.6. The largest absolute Gasteiger partial charge is 0.481 e. The van der Waals surface area contributed by atoms with E-state index in [9.17, 15) is 10.1 Å². The van der Waals surface area contributed by atoms with Crippen LogP contribution in [0.1, 0.15) is 35.8 Å². The van der Waals surface area contributed by atoms with Gasteiger partial charge in [0.15, 0.2) is 6.10 Å². The van der Waals surface area contributed by atoms with Crippen molar-refractivity contribution in [2.24, 2.45) is 0 Å². The first-order valence-corrected chi connectivity index (χ1v) is 9.47. The summed E-state index contributed by atoms with van der Waals surface area (Å²) < 4.78 is 6.62. The average Bonchev–Trinajstić information content (AvgIpc) is 2.93. The second kappa shape index (κ2) is 7.37. The molecule has 1 aliphatic carbocycles. The molecule has 1 aromatic carbocycles. The molecule has 0 saturated heterocycles. The van der Waals surface area contributed by atoms with Gasteiger partial charge < -0.3 is 10.1 Å². The Balaban J connectivity index is 1.71. The van der Waals surface area contributed by atoms with Crippen molar-refractivity contribution >= 4 is 38.2 Å². The summed E-state index contributed by atoms with van der Waals surface area (Å²) in [6.07, 6.45) is 3.53. The molecule has 0 bridgehead atoms. The molecule has 1 atom stereocenters. The minimum atomic E-state index is -0.642. The van der Waals surface area contributed by atoms with Gasteiger partial charge in [-0.05, 0) is 62.4 Å². The van der Waals surface area contributed by atoms with Gasteiger partial charge in [-0.1, -0.05) is 15.9 Å². The van der Waals surface area contributed by atoms with Crippen LogP contribution < -0.4 is 10.1 Å². The zero-order valence-corrected chi connectivity index (χ0v) is 15.7. The van der Waals surface area contributed by atoms with Crippen molar-refractivity contribution in [3.05, 3.63) is 44.7 Å². The van der Waals surface area contributed by atoms with Crippen LogP contribution in [-0.2, 0) is 17.6 Å². The summed E-state index contributed by atoms with van der Waals surface area (Å²) in [6, 6.07) is 9.59. The number of nitrogens with one attached hydrogen (secondary N) is 1. The van der Waals surface area contributed by atoms with Crippen molar-refractivity contribution in [3.63, 3.8) is 0 Å². The number of ether oxygens (including phenoxy) is 1. The van der Waals surface area contributed by atoms with E-state index in [0.29, 0.717) is 16.3 Å². The van der Waals surface area contributed by atoms with Crippen molar-refractivity contribution < 1.29 is 9.53 Å². The number of nitriles is 1. The molecule has 1 N–H and O–H groups in total. The molecule has 24 heavy (non-hydrogen) atoms. The van der Waals surface area contributed by atoms with Gasteiger partial charge in [0.25, 0.3) is 5.91 Å². The third-order valence-electron chi connectivity index (χ3n) is 4.02. The molecular weight excluding hydrogens is 388 g/mol. The van der Waals surface area contributed by atoms with E-state index in [4.69, 9.17) is 4.74 Å². The van der Waals surface area contributed by atoms with Gasteiger partial charge in [-0.2, -0.15) is 5.26 Å². The van der Waals surface area contributed by atoms with Crippen LogP contribution in [0.3, 0.4) is 0 Å². The lowest BCUT2D eigenvalue weighted by Gasteiger charge is -2.14. The van der Waals surface area contributed by atoms with Crippen molar-refractivity contribution in [2.45, 2.75) is 38.7 Å². The third-order valence-corrected chi connectivity index (χ3v) is 5.75. The van der Waals surface area contributed by atoms with Crippen LogP contribution in [0.25, 0.3) is 0 Å². The molecular formula is C18H17BrN2O2S. The predicted octanol–water partition coefficient (Wildman–Crippen LogP) is 4.67. The first-order valence-electron chi connectivity index (χ1n) is 7.86. The summed E-state index contributed by atoms with van der Waals surface area (Å²) in [5.74, 6) is 0.389. The molecule has 0 fully saturated rings. The standard InChI is InChI=1S/C18H17BrN2O2S/c1-11(23-13-8-6-12(19)7-9-13)17(22)21-18-15(10-20)14-4-2-3-5-16(14)24-18/h6-9,11H,2-5H2,1H3,(H,21,22). The molecule has 0 radical (unpaired) electrons. The topological polar surface area (TPSA) is 62.1 Å². The lowest BCUT2D eigenvalue weighted by molar-refractivity contribution is -0.122. The van der Waals surface area contributed by atoms with Gasteiger partial charge in [0, 0.05) is 9.35 Å². The maximum absolute atomic E-state index is 12.4. The molecule has 1 aliphatic rings. The SMILES string of the molecule is CC(Oc1ccc(Br)cc1)C(=O)Nc1sc2c(c1C#N)CCCC2. The molecule has 0 saturated carbocycles. The Morgan fingerprint density at radius 2 is 2.04 bits per heavy atom. The van der Waals surface area contributed by atoms with Crippen LogP contribution in [0.4, 0.5) is 5.00 Å². The summed E-state index contributed by atoms with van der Waals surface area (Å²) in [4.78, 5) is 13.6. The Kier molecular flexibility index (Phi) is 5.22.